The molecule has 6 nitrogen and oxygen atoms in total. The highest BCUT2D eigenvalue weighted by Crippen LogP contribution is 2.36. The van der Waals surface area contributed by atoms with Gasteiger partial charge < -0.3 is 14.6 Å². The van der Waals surface area contributed by atoms with Gasteiger partial charge in [-0.15, -0.1) is 0 Å². The highest BCUT2D eigenvalue weighted by Gasteiger charge is 2.40. The van der Waals surface area contributed by atoms with Crippen LogP contribution in [0.3, 0.4) is 0 Å². The number of oxazole rings is 1. The molecule has 3 heterocycles. The number of aryl methyl sites for hydroxylation is 1. The van der Waals surface area contributed by atoms with Crippen LogP contribution < -0.4 is 11.1 Å². The van der Waals surface area contributed by atoms with Crippen LogP contribution in [0.15, 0.2) is 27.4 Å². The van der Waals surface area contributed by atoms with Crippen molar-refractivity contribution < 1.29 is 9.21 Å². The lowest BCUT2D eigenvalue weighted by Crippen LogP contribution is -2.43. The molecule has 2 fully saturated rings. The van der Waals surface area contributed by atoms with Gasteiger partial charge >= 0.3 is 5.76 Å². The first-order valence-electron chi connectivity index (χ1n) is 8.65. The van der Waals surface area contributed by atoms with E-state index in [0.717, 1.165) is 38.2 Å². The molecule has 0 bridgehead atoms. The fourth-order valence-electron chi connectivity index (χ4n) is 4.08. The lowest BCUT2D eigenvalue weighted by molar-refractivity contribution is -0.131. The molecule has 2 aliphatic heterocycles. The van der Waals surface area contributed by atoms with E-state index < -0.39 is 5.76 Å². The van der Waals surface area contributed by atoms with Crippen LogP contribution in [0.4, 0.5) is 0 Å². The smallest absolute Gasteiger partial charge is 0.408 e. The molecular formula is C18H23N3O3. The zero-order valence-electron chi connectivity index (χ0n) is 14.0. The van der Waals surface area contributed by atoms with Crippen LogP contribution in [0.5, 0.6) is 0 Å². The molecule has 0 saturated carbocycles. The van der Waals surface area contributed by atoms with Crippen LogP contribution in [0.25, 0.3) is 11.1 Å². The molecule has 1 amide bonds. The summed E-state index contributed by atoms with van der Waals surface area (Å²) >= 11 is 0. The minimum atomic E-state index is -0.461. The number of carbonyl (C=O) groups is 1. The number of hydrogen-bond acceptors (Lipinski definition) is 4. The van der Waals surface area contributed by atoms with Gasteiger partial charge in [-0.1, -0.05) is 6.07 Å². The second-order valence-electron chi connectivity index (χ2n) is 7.27. The molecule has 2 saturated heterocycles. The van der Waals surface area contributed by atoms with Crippen molar-refractivity contribution in [3.63, 3.8) is 0 Å². The van der Waals surface area contributed by atoms with Crippen molar-refractivity contribution in [2.75, 3.05) is 26.2 Å². The zero-order valence-corrected chi connectivity index (χ0v) is 14.0. The third kappa shape index (κ3) is 2.65. The molecule has 0 radical (unpaired) electrons. The monoisotopic (exact) mass is 329 g/mol. The highest BCUT2D eigenvalue weighted by molar-refractivity contribution is 5.80. The Morgan fingerprint density at radius 3 is 3.04 bits per heavy atom. The molecular weight excluding hydrogens is 306 g/mol. The standard InChI is InChI=1S/C18H23N3O3/c1-13-3-4-15-14(9-13)21(17(23)24-15)10-16(22)20-8-6-18(12-20)5-2-7-19-11-18/h3-4,9,19H,2,5-8,10-12H2,1H3/t18-/m0/s1. The van der Waals surface area contributed by atoms with E-state index in [-0.39, 0.29) is 17.9 Å². The van der Waals surface area contributed by atoms with Gasteiger partial charge in [-0.2, -0.15) is 0 Å². The first kappa shape index (κ1) is 15.4. The van der Waals surface area contributed by atoms with Crippen molar-refractivity contribution in [3.8, 4) is 0 Å². The van der Waals surface area contributed by atoms with Crippen LogP contribution in [0.1, 0.15) is 24.8 Å². The third-order valence-electron chi connectivity index (χ3n) is 5.47. The van der Waals surface area contributed by atoms with E-state index in [0.29, 0.717) is 11.1 Å². The highest BCUT2D eigenvalue weighted by atomic mass is 16.4. The first-order valence-corrected chi connectivity index (χ1v) is 8.65. The number of benzene rings is 1. The van der Waals surface area contributed by atoms with Gasteiger partial charge in [0.2, 0.25) is 5.91 Å². The maximum Gasteiger partial charge on any atom is 0.420 e. The number of piperidine rings is 1. The van der Waals surface area contributed by atoms with E-state index in [9.17, 15) is 9.59 Å². The van der Waals surface area contributed by atoms with Gasteiger partial charge in [0.25, 0.3) is 0 Å². The predicted molar refractivity (Wildman–Crippen MR) is 90.9 cm³/mol. The average molecular weight is 329 g/mol. The normalized spacial score (nSPS) is 24.1. The summed E-state index contributed by atoms with van der Waals surface area (Å²) in [6.07, 6.45) is 3.40. The number of likely N-dealkylation sites (tertiary alicyclic amines) is 1. The minimum absolute atomic E-state index is 0.00348. The number of carbonyl (C=O) groups excluding carboxylic acids is 1. The molecule has 1 aromatic carbocycles. The predicted octanol–water partition coefficient (Wildman–Crippen LogP) is 1.51. The number of hydrogen-bond donors (Lipinski definition) is 1. The van der Waals surface area contributed by atoms with E-state index in [2.05, 4.69) is 5.32 Å². The number of fused-ring (bicyclic) bond motifs is 1. The van der Waals surface area contributed by atoms with Gasteiger partial charge in [-0.05, 0) is 50.4 Å². The number of aromatic nitrogens is 1. The molecule has 6 heteroatoms. The summed E-state index contributed by atoms with van der Waals surface area (Å²) in [6, 6.07) is 5.58. The summed E-state index contributed by atoms with van der Waals surface area (Å²) in [7, 11) is 0. The Kier molecular flexibility index (Phi) is 3.72. The fourth-order valence-corrected chi connectivity index (χ4v) is 4.08. The molecule has 2 aliphatic rings. The minimum Gasteiger partial charge on any atom is -0.408 e. The summed E-state index contributed by atoms with van der Waals surface area (Å²) < 4.78 is 6.71. The third-order valence-corrected chi connectivity index (χ3v) is 5.47. The molecule has 0 aliphatic carbocycles. The molecule has 1 atom stereocenters. The van der Waals surface area contributed by atoms with Gasteiger partial charge in [0, 0.05) is 25.0 Å². The number of rotatable bonds is 2. The molecule has 128 valence electrons. The maximum atomic E-state index is 12.7. The van der Waals surface area contributed by atoms with E-state index in [1.54, 1.807) is 6.07 Å². The van der Waals surface area contributed by atoms with E-state index in [1.165, 1.54) is 17.4 Å². The molecule has 24 heavy (non-hydrogen) atoms. The molecule has 1 aromatic heterocycles. The van der Waals surface area contributed by atoms with Gasteiger partial charge in [-0.25, -0.2) is 4.79 Å². The molecule has 4 rings (SSSR count). The van der Waals surface area contributed by atoms with E-state index in [1.807, 2.05) is 24.0 Å². The molecule has 1 N–H and O–H groups in total. The molecule has 0 unspecified atom stereocenters. The van der Waals surface area contributed by atoms with Gasteiger partial charge in [0.1, 0.15) is 6.54 Å². The van der Waals surface area contributed by atoms with Crippen LogP contribution in [0, 0.1) is 12.3 Å². The van der Waals surface area contributed by atoms with E-state index >= 15 is 0 Å². The SMILES string of the molecule is Cc1ccc2oc(=O)n(CC(=O)N3CC[C@]4(CCCNC4)C3)c2c1. The quantitative estimate of drug-likeness (QED) is 0.907. The Morgan fingerprint density at radius 1 is 1.38 bits per heavy atom. The Balaban J connectivity index is 1.54. The second kappa shape index (κ2) is 5.77. The largest absolute Gasteiger partial charge is 0.420 e. The molecule has 2 aromatic rings. The lowest BCUT2D eigenvalue weighted by Gasteiger charge is -2.33. The van der Waals surface area contributed by atoms with Crippen molar-refractivity contribution in [1.29, 1.82) is 0 Å². The Bertz CT molecular complexity index is 830. The number of amides is 1. The summed E-state index contributed by atoms with van der Waals surface area (Å²) in [5.74, 6) is -0.457. The molecule has 1 spiro atoms. The Morgan fingerprint density at radius 2 is 2.25 bits per heavy atom. The topological polar surface area (TPSA) is 67.5 Å². The maximum absolute atomic E-state index is 12.7. The Labute approximate surface area is 140 Å². The van der Waals surface area contributed by atoms with Crippen molar-refractivity contribution in [1.82, 2.24) is 14.8 Å². The van der Waals surface area contributed by atoms with Crippen molar-refractivity contribution in [3.05, 3.63) is 34.3 Å². The Hall–Kier alpha value is -2.08. The summed E-state index contributed by atoms with van der Waals surface area (Å²) in [6.45, 7) is 5.66. The van der Waals surface area contributed by atoms with Crippen LogP contribution in [-0.4, -0.2) is 41.6 Å². The van der Waals surface area contributed by atoms with Gasteiger partial charge in [-0.3, -0.25) is 9.36 Å². The van der Waals surface area contributed by atoms with Gasteiger partial charge in [0.15, 0.2) is 5.58 Å². The average Bonchev–Trinajstić information content (AvgIpc) is 3.11. The fraction of sp³-hybridized carbons (Fsp3) is 0.556. The summed E-state index contributed by atoms with van der Waals surface area (Å²) in [5.41, 5.74) is 2.50. The van der Waals surface area contributed by atoms with Crippen LogP contribution in [0.2, 0.25) is 0 Å². The second-order valence-corrected chi connectivity index (χ2v) is 7.27. The van der Waals surface area contributed by atoms with Crippen molar-refractivity contribution in [2.24, 2.45) is 5.41 Å². The van der Waals surface area contributed by atoms with Crippen LogP contribution in [-0.2, 0) is 11.3 Å². The van der Waals surface area contributed by atoms with Crippen LogP contribution >= 0.6 is 0 Å². The summed E-state index contributed by atoms with van der Waals surface area (Å²) in [5, 5.41) is 3.45. The number of nitrogens with one attached hydrogen (secondary N) is 1. The zero-order chi connectivity index (χ0) is 16.7. The lowest BCUT2D eigenvalue weighted by atomic mass is 9.80. The van der Waals surface area contributed by atoms with Gasteiger partial charge in [0.05, 0.1) is 5.52 Å². The van der Waals surface area contributed by atoms with Crippen molar-refractivity contribution in [2.45, 2.75) is 32.7 Å². The van der Waals surface area contributed by atoms with E-state index in [4.69, 9.17) is 4.42 Å². The number of nitrogens with zero attached hydrogens (tertiary/aromatic N) is 2. The summed E-state index contributed by atoms with van der Waals surface area (Å²) in [4.78, 5) is 26.7. The van der Waals surface area contributed by atoms with Crippen molar-refractivity contribution >= 4 is 17.0 Å². The first-order chi connectivity index (χ1) is 11.6.